The van der Waals surface area contributed by atoms with Gasteiger partial charge in [0.15, 0.2) is 5.76 Å². The molecule has 0 saturated heterocycles. The normalized spacial score (nSPS) is 10.4. The SMILES string of the molecule is COc1cccc(-c2cc(COC(=O)c3ccc(C)c([N+](=O)[O-])c3)no2)c1. The van der Waals surface area contributed by atoms with Crippen molar-refractivity contribution in [1.29, 1.82) is 0 Å². The Balaban J connectivity index is 1.69. The van der Waals surface area contributed by atoms with Gasteiger partial charge in [0, 0.05) is 23.3 Å². The van der Waals surface area contributed by atoms with Crippen molar-refractivity contribution in [3.63, 3.8) is 0 Å². The zero-order chi connectivity index (χ0) is 19.4. The molecule has 138 valence electrons. The predicted octanol–water partition coefficient (Wildman–Crippen LogP) is 3.92. The lowest BCUT2D eigenvalue weighted by Gasteiger charge is -2.03. The minimum atomic E-state index is -0.677. The van der Waals surface area contributed by atoms with Crippen LogP contribution < -0.4 is 4.74 Å². The van der Waals surface area contributed by atoms with Gasteiger partial charge in [-0.05, 0) is 25.1 Å². The van der Waals surface area contributed by atoms with E-state index in [0.717, 1.165) is 5.56 Å². The van der Waals surface area contributed by atoms with Gasteiger partial charge in [-0.2, -0.15) is 0 Å². The summed E-state index contributed by atoms with van der Waals surface area (Å²) in [6, 6.07) is 13.1. The van der Waals surface area contributed by atoms with Crippen LogP contribution in [0.5, 0.6) is 5.75 Å². The minimum absolute atomic E-state index is 0.101. The van der Waals surface area contributed by atoms with Gasteiger partial charge in [-0.15, -0.1) is 0 Å². The number of benzene rings is 2. The highest BCUT2D eigenvalue weighted by atomic mass is 16.6. The van der Waals surface area contributed by atoms with E-state index >= 15 is 0 Å². The van der Waals surface area contributed by atoms with Crippen molar-refractivity contribution >= 4 is 11.7 Å². The molecule has 0 amide bonds. The molecule has 0 bridgehead atoms. The number of aryl methyl sites for hydroxylation is 1. The van der Waals surface area contributed by atoms with Crippen LogP contribution in [0.1, 0.15) is 21.6 Å². The molecule has 3 aromatic rings. The standard InChI is InChI=1S/C19H16N2O6/c1-12-6-7-14(9-17(12)21(23)24)19(22)26-11-15-10-18(27-20-15)13-4-3-5-16(8-13)25-2/h3-10H,11H2,1-2H3. The summed E-state index contributed by atoms with van der Waals surface area (Å²) in [5, 5.41) is 14.9. The van der Waals surface area contributed by atoms with E-state index in [4.69, 9.17) is 14.0 Å². The van der Waals surface area contributed by atoms with E-state index in [2.05, 4.69) is 5.16 Å². The second kappa shape index (κ2) is 7.69. The van der Waals surface area contributed by atoms with Gasteiger partial charge in [0.1, 0.15) is 18.1 Å². The quantitative estimate of drug-likeness (QED) is 0.369. The molecule has 0 radical (unpaired) electrons. The Morgan fingerprint density at radius 1 is 1.22 bits per heavy atom. The van der Waals surface area contributed by atoms with Crippen molar-refractivity contribution < 1.29 is 23.7 Å². The summed E-state index contributed by atoms with van der Waals surface area (Å²) < 4.78 is 15.6. The van der Waals surface area contributed by atoms with Crippen LogP contribution in [0.4, 0.5) is 5.69 Å². The lowest BCUT2D eigenvalue weighted by Crippen LogP contribution is -2.06. The highest BCUT2D eigenvalue weighted by Gasteiger charge is 2.17. The summed E-state index contributed by atoms with van der Waals surface area (Å²) in [7, 11) is 1.57. The summed E-state index contributed by atoms with van der Waals surface area (Å²) in [6.45, 7) is 1.48. The molecule has 0 spiro atoms. The highest BCUT2D eigenvalue weighted by molar-refractivity contribution is 5.90. The first kappa shape index (κ1) is 18.1. The number of nitro benzene ring substituents is 1. The van der Waals surface area contributed by atoms with Gasteiger partial charge in [-0.3, -0.25) is 10.1 Å². The highest BCUT2D eigenvalue weighted by Crippen LogP contribution is 2.25. The Morgan fingerprint density at radius 3 is 2.78 bits per heavy atom. The maximum Gasteiger partial charge on any atom is 0.338 e. The first-order valence-corrected chi connectivity index (χ1v) is 8.00. The molecule has 0 fully saturated rings. The van der Waals surface area contributed by atoms with E-state index in [1.54, 1.807) is 26.2 Å². The van der Waals surface area contributed by atoms with Crippen LogP contribution in [-0.2, 0) is 11.3 Å². The maximum absolute atomic E-state index is 12.1. The summed E-state index contributed by atoms with van der Waals surface area (Å²) >= 11 is 0. The van der Waals surface area contributed by atoms with Crippen LogP contribution in [0.15, 0.2) is 53.1 Å². The van der Waals surface area contributed by atoms with Crippen molar-refractivity contribution in [1.82, 2.24) is 5.16 Å². The summed E-state index contributed by atoms with van der Waals surface area (Å²) in [5.74, 6) is 0.507. The lowest BCUT2D eigenvalue weighted by molar-refractivity contribution is -0.385. The largest absolute Gasteiger partial charge is 0.497 e. The molecular weight excluding hydrogens is 352 g/mol. The van der Waals surface area contributed by atoms with Crippen molar-refractivity contribution in [2.75, 3.05) is 7.11 Å². The molecule has 0 saturated carbocycles. The molecule has 1 heterocycles. The Bertz CT molecular complexity index is 995. The molecule has 0 aliphatic rings. The van der Waals surface area contributed by atoms with Gasteiger partial charge in [0.05, 0.1) is 17.6 Å². The van der Waals surface area contributed by atoms with E-state index < -0.39 is 10.9 Å². The number of carbonyl (C=O) groups is 1. The number of rotatable bonds is 6. The number of aromatic nitrogens is 1. The number of ether oxygens (including phenoxy) is 2. The number of hydrogen-bond donors (Lipinski definition) is 0. The lowest BCUT2D eigenvalue weighted by atomic mass is 10.1. The minimum Gasteiger partial charge on any atom is -0.497 e. The topological polar surface area (TPSA) is 105 Å². The number of carbonyl (C=O) groups excluding carboxylic acids is 1. The van der Waals surface area contributed by atoms with Crippen LogP contribution in [0, 0.1) is 17.0 Å². The van der Waals surface area contributed by atoms with E-state index in [-0.39, 0.29) is 17.9 Å². The van der Waals surface area contributed by atoms with Crippen LogP contribution >= 0.6 is 0 Å². The molecular formula is C19H16N2O6. The molecule has 0 N–H and O–H groups in total. The monoisotopic (exact) mass is 368 g/mol. The van der Waals surface area contributed by atoms with Gasteiger partial charge in [-0.25, -0.2) is 4.79 Å². The molecule has 27 heavy (non-hydrogen) atoms. The average Bonchev–Trinajstić information content (AvgIpc) is 3.15. The third-order valence-corrected chi connectivity index (χ3v) is 3.91. The zero-order valence-corrected chi connectivity index (χ0v) is 14.7. The van der Waals surface area contributed by atoms with Gasteiger partial charge >= 0.3 is 5.97 Å². The third-order valence-electron chi connectivity index (χ3n) is 3.91. The summed E-state index contributed by atoms with van der Waals surface area (Å²) in [6.07, 6.45) is 0. The number of methoxy groups -OCH3 is 1. The second-order valence-corrected chi connectivity index (χ2v) is 5.75. The summed E-state index contributed by atoms with van der Waals surface area (Å²) in [4.78, 5) is 22.6. The fourth-order valence-corrected chi connectivity index (χ4v) is 2.45. The molecule has 0 atom stereocenters. The first-order chi connectivity index (χ1) is 13.0. The molecule has 2 aromatic carbocycles. The van der Waals surface area contributed by atoms with Crippen molar-refractivity contribution in [3.8, 4) is 17.1 Å². The Labute approximate surface area is 154 Å². The van der Waals surface area contributed by atoms with Crippen molar-refractivity contribution in [2.45, 2.75) is 13.5 Å². The van der Waals surface area contributed by atoms with Crippen molar-refractivity contribution in [3.05, 3.63) is 75.5 Å². The summed E-state index contributed by atoms with van der Waals surface area (Å²) in [5.41, 5.74) is 1.63. The van der Waals surface area contributed by atoms with Crippen LogP contribution in [0.25, 0.3) is 11.3 Å². The molecule has 0 aliphatic carbocycles. The molecule has 0 unspecified atom stereocenters. The number of esters is 1. The zero-order valence-electron chi connectivity index (χ0n) is 14.7. The van der Waals surface area contributed by atoms with Gasteiger partial charge in [-0.1, -0.05) is 23.4 Å². The van der Waals surface area contributed by atoms with Crippen LogP contribution in [0.2, 0.25) is 0 Å². The molecule has 1 aromatic heterocycles. The van der Waals surface area contributed by atoms with Crippen LogP contribution in [0.3, 0.4) is 0 Å². The Morgan fingerprint density at radius 2 is 2.04 bits per heavy atom. The first-order valence-electron chi connectivity index (χ1n) is 8.00. The second-order valence-electron chi connectivity index (χ2n) is 5.75. The van der Waals surface area contributed by atoms with Gasteiger partial charge in [0.25, 0.3) is 5.69 Å². The molecule has 3 rings (SSSR count). The molecule has 8 nitrogen and oxygen atoms in total. The van der Waals surface area contributed by atoms with Crippen LogP contribution in [-0.4, -0.2) is 23.2 Å². The number of hydrogen-bond acceptors (Lipinski definition) is 7. The van der Waals surface area contributed by atoms with Gasteiger partial charge in [0.2, 0.25) is 0 Å². The fourth-order valence-electron chi connectivity index (χ4n) is 2.45. The Hall–Kier alpha value is -3.68. The fraction of sp³-hybridized carbons (Fsp3) is 0.158. The predicted molar refractivity (Wildman–Crippen MR) is 95.4 cm³/mol. The molecule has 0 aliphatic heterocycles. The van der Waals surface area contributed by atoms with Crippen molar-refractivity contribution in [2.24, 2.45) is 0 Å². The van der Waals surface area contributed by atoms with E-state index in [1.165, 1.54) is 18.2 Å². The smallest absolute Gasteiger partial charge is 0.338 e. The van der Waals surface area contributed by atoms with E-state index in [0.29, 0.717) is 22.8 Å². The van der Waals surface area contributed by atoms with E-state index in [1.807, 2.05) is 18.2 Å². The maximum atomic E-state index is 12.1. The number of nitrogens with zero attached hydrogens (tertiary/aromatic N) is 2. The third kappa shape index (κ3) is 4.12. The average molecular weight is 368 g/mol. The molecule has 8 heteroatoms. The number of nitro groups is 1. The van der Waals surface area contributed by atoms with Gasteiger partial charge < -0.3 is 14.0 Å². The Kier molecular flexibility index (Phi) is 5.16. The van der Waals surface area contributed by atoms with E-state index in [9.17, 15) is 14.9 Å².